The highest BCUT2D eigenvalue weighted by Gasteiger charge is 1.91. The molecule has 0 heterocycles. The first-order valence-corrected chi connectivity index (χ1v) is 3.93. The van der Waals surface area contributed by atoms with Crippen LogP contribution in [0.4, 0.5) is 0 Å². The van der Waals surface area contributed by atoms with Crippen LogP contribution in [0.25, 0.3) is 0 Å². The third kappa shape index (κ3) is 3.80. The average molecular weight is 134 g/mol. The molecule has 0 bridgehead atoms. The highest BCUT2D eigenvalue weighted by atomic mass is 32.2. The monoisotopic (exact) mass is 134 g/mol. The molecular weight excluding hydrogens is 124 g/mol. The second-order valence-corrected chi connectivity index (χ2v) is 3.02. The molecule has 3 nitrogen and oxygen atoms in total. The summed E-state index contributed by atoms with van der Waals surface area (Å²) < 4.78 is 10.4. The van der Waals surface area contributed by atoms with Gasteiger partial charge in [-0.05, 0) is 6.92 Å². The fourth-order valence-corrected chi connectivity index (χ4v) is 0.994. The molecule has 0 aromatic rings. The van der Waals surface area contributed by atoms with E-state index in [1.165, 1.54) is 0 Å². The minimum absolute atomic E-state index is 0.483. The Morgan fingerprint density at radius 3 is 2.50 bits per heavy atom. The molecule has 0 amide bonds. The molecule has 4 heteroatoms. The standard InChI is InChI=1S/C4H10N2OS/c1-4(6-5)3-8(2)7/h3,5H2,1-2H3. The minimum atomic E-state index is -0.806. The molecule has 0 radical (unpaired) electrons. The fraction of sp³-hybridized carbons (Fsp3) is 0.750. The van der Waals surface area contributed by atoms with E-state index in [0.29, 0.717) is 5.75 Å². The van der Waals surface area contributed by atoms with Crippen molar-refractivity contribution in [1.29, 1.82) is 0 Å². The van der Waals surface area contributed by atoms with E-state index in [-0.39, 0.29) is 0 Å². The molecule has 0 spiro atoms. The van der Waals surface area contributed by atoms with Crippen LogP contribution >= 0.6 is 0 Å². The smallest absolute Gasteiger partial charge is 0.0631 e. The van der Waals surface area contributed by atoms with Gasteiger partial charge in [-0.15, -0.1) is 0 Å². The lowest BCUT2D eigenvalue weighted by Crippen LogP contribution is -2.06. The van der Waals surface area contributed by atoms with Crippen molar-refractivity contribution < 1.29 is 4.21 Å². The first-order valence-electron chi connectivity index (χ1n) is 2.20. The molecule has 1 atom stereocenters. The van der Waals surface area contributed by atoms with Gasteiger partial charge in [-0.25, -0.2) is 0 Å². The minimum Gasteiger partial charge on any atom is -0.323 e. The summed E-state index contributed by atoms with van der Waals surface area (Å²) in [7, 11) is -0.806. The van der Waals surface area contributed by atoms with Crippen molar-refractivity contribution in [3.63, 3.8) is 0 Å². The quantitative estimate of drug-likeness (QED) is 0.320. The van der Waals surface area contributed by atoms with Crippen LogP contribution in [0.3, 0.4) is 0 Å². The zero-order chi connectivity index (χ0) is 6.57. The summed E-state index contributed by atoms with van der Waals surface area (Å²) in [5.74, 6) is 5.36. The SMILES string of the molecule is CC(CS(C)=O)=NN. The maximum atomic E-state index is 10.4. The molecule has 1 unspecified atom stereocenters. The summed E-state index contributed by atoms with van der Waals surface area (Å²) in [5, 5.41) is 3.35. The maximum Gasteiger partial charge on any atom is 0.0631 e. The highest BCUT2D eigenvalue weighted by molar-refractivity contribution is 7.85. The molecule has 0 aliphatic rings. The molecule has 48 valence electrons. The van der Waals surface area contributed by atoms with Crippen LogP contribution in [0.5, 0.6) is 0 Å². The van der Waals surface area contributed by atoms with Crippen LogP contribution in [0, 0.1) is 0 Å². The van der Waals surface area contributed by atoms with E-state index in [0.717, 1.165) is 5.71 Å². The zero-order valence-electron chi connectivity index (χ0n) is 5.05. The van der Waals surface area contributed by atoms with Gasteiger partial charge in [0.1, 0.15) is 0 Å². The number of hydrazone groups is 1. The molecule has 0 saturated heterocycles. The number of nitrogens with zero attached hydrogens (tertiary/aromatic N) is 1. The Bertz CT molecular complexity index is 121. The lowest BCUT2D eigenvalue weighted by molar-refractivity contribution is 0.689. The van der Waals surface area contributed by atoms with E-state index in [2.05, 4.69) is 5.10 Å². The van der Waals surface area contributed by atoms with Gasteiger partial charge >= 0.3 is 0 Å². The maximum absolute atomic E-state index is 10.4. The van der Waals surface area contributed by atoms with Crippen molar-refractivity contribution in [3.05, 3.63) is 0 Å². The van der Waals surface area contributed by atoms with E-state index < -0.39 is 10.8 Å². The van der Waals surface area contributed by atoms with Gasteiger partial charge in [0.05, 0.1) is 5.75 Å². The largest absolute Gasteiger partial charge is 0.323 e. The van der Waals surface area contributed by atoms with E-state index in [4.69, 9.17) is 5.84 Å². The van der Waals surface area contributed by atoms with Crippen molar-refractivity contribution in [2.24, 2.45) is 10.9 Å². The number of rotatable bonds is 2. The Kier molecular flexibility index (Phi) is 3.43. The molecule has 0 rings (SSSR count). The Labute approximate surface area is 51.4 Å². The molecule has 8 heavy (non-hydrogen) atoms. The van der Waals surface area contributed by atoms with Gasteiger partial charge in [-0.2, -0.15) is 5.10 Å². The Morgan fingerprint density at radius 2 is 2.38 bits per heavy atom. The first kappa shape index (κ1) is 7.62. The average Bonchev–Trinajstić information content (AvgIpc) is 1.65. The lowest BCUT2D eigenvalue weighted by Gasteiger charge is -1.90. The van der Waals surface area contributed by atoms with Gasteiger partial charge < -0.3 is 5.84 Å². The van der Waals surface area contributed by atoms with Crippen LogP contribution in [-0.2, 0) is 10.8 Å². The van der Waals surface area contributed by atoms with Gasteiger partial charge in [0.2, 0.25) is 0 Å². The van der Waals surface area contributed by atoms with Crippen LogP contribution < -0.4 is 5.84 Å². The van der Waals surface area contributed by atoms with Crippen molar-refractivity contribution in [1.82, 2.24) is 0 Å². The summed E-state index contributed by atoms with van der Waals surface area (Å²) in [6, 6.07) is 0. The fourth-order valence-electron chi connectivity index (χ4n) is 0.331. The predicted molar refractivity (Wildman–Crippen MR) is 36.2 cm³/mol. The molecule has 2 N–H and O–H groups in total. The molecule has 0 aromatic carbocycles. The van der Waals surface area contributed by atoms with Crippen LogP contribution in [0.1, 0.15) is 6.92 Å². The third-order valence-corrected chi connectivity index (χ3v) is 1.46. The van der Waals surface area contributed by atoms with E-state index in [9.17, 15) is 4.21 Å². The normalized spacial score (nSPS) is 16.0. The van der Waals surface area contributed by atoms with E-state index in [1.54, 1.807) is 13.2 Å². The Hall–Kier alpha value is -0.380. The van der Waals surface area contributed by atoms with Gasteiger partial charge in [0, 0.05) is 22.8 Å². The van der Waals surface area contributed by atoms with Gasteiger partial charge in [0.25, 0.3) is 0 Å². The molecular formula is C4H10N2OS. The summed E-state index contributed by atoms with van der Waals surface area (Å²) in [6.07, 6.45) is 1.62. The number of hydrogen-bond donors (Lipinski definition) is 1. The van der Waals surface area contributed by atoms with Crippen LogP contribution in [-0.4, -0.2) is 21.9 Å². The Balaban J connectivity index is 3.56. The van der Waals surface area contributed by atoms with Crippen LogP contribution in [0.2, 0.25) is 0 Å². The summed E-state index contributed by atoms with van der Waals surface area (Å²) in [6.45, 7) is 1.75. The summed E-state index contributed by atoms with van der Waals surface area (Å²) in [4.78, 5) is 0. The van der Waals surface area contributed by atoms with Crippen molar-refractivity contribution in [2.45, 2.75) is 6.92 Å². The molecule has 0 aliphatic carbocycles. The first-order chi connectivity index (χ1) is 3.66. The third-order valence-electron chi connectivity index (χ3n) is 0.633. The molecule has 0 fully saturated rings. The van der Waals surface area contributed by atoms with Gasteiger partial charge in [-0.3, -0.25) is 4.21 Å². The van der Waals surface area contributed by atoms with Gasteiger partial charge in [0.15, 0.2) is 0 Å². The second-order valence-electron chi connectivity index (χ2n) is 1.58. The lowest BCUT2D eigenvalue weighted by atomic mass is 10.5. The van der Waals surface area contributed by atoms with E-state index >= 15 is 0 Å². The second kappa shape index (κ2) is 3.60. The molecule has 0 aliphatic heterocycles. The molecule has 0 aromatic heterocycles. The highest BCUT2D eigenvalue weighted by Crippen LogP contribution is 1.77. The topological polar surface area (TPSA) is 55.5 Å². The summed E-state index contributed by atoms with van der Waals surface area (Å²) in [5.41, 5.74) is 0.728. The van der Waals surface area contributed by atoms with Gasteiger partial charge in [-0.1, -0.05) is 0 Å². The van der Waals surface area contributed by atoms with Crippen molar-refractivity contribution >= 4 is 16.5 Å². The zero-order valence-corrected chi connectivity index (χ0v) is 5.86. The Morgan fingerprint density at radius 1 is 1.88 bits per heavy atom. The molecule has 0 saturated carbocycles. The van der Waals surface area contributed by atoms with Crippen molar-refractivity contribution in [3.8, 4) is 0 Å². The number of nitrogens with two attached hydrogens (primary N) is 1. The van der Waals surface area contributed by atoms with Crippen molar-refractivity contribution in [2.75, 3.05) is 12.0 Å². The predicted octanol–water partition coefficient (Wildman–Crippen LogP) is -0.300. The summed E-state index contributed by atoms with van der Waals surface area (Å²) >= 11 is 0. The number of hydrogen-bond acceptors (Lipinski definition) is 3. The van der Waals surface area contributed by atoms with E-state index in [1.807, 2.05) is 0 Å². The van der Waals surface area contributed by atoms with Crippen LogP contribution in [0.15, 0.2) is 5.10 Å².